The lowest BCUT2D eigenvalue weighted by molar-refractivity contribution is -0.151. The summed E-state index contributed by atoms with van der Waals surface area (Å²) in [6, 6.07) is 7.87. The normalized spacial score (nSPS) is 27.9. The highest BCUT2D eigenvalue weighted by molar-refractivity contribution is 5.81. The van der Waals surface area contributed by atoms with Gasteiger partial charge in [0, 0.05) is 0 Å². The summed E-state index contributed by atoms with van der Waals surface area (Å²) in [5, 5.41) is 0. The molecule has 3 rings (SSSR count). The van der Waals surface area contributed by atoms with Crippen molar-refractivity contribution in [3.63, 3.8) is 0 Å². The molecule has 2 saturated carbocycles. The Morgan fingerprint density at radius 3 is 2.74 bits per heavy atom. The predicted molar refractivity (Wildman–Crippen MR) is 85.3 cm³/mol. The quantitative estimate of drug-likeness (QED) is 0.598. The van der Waals surface area contributed by atoms with Gasteiger partial charge in [-0.25, -0.2) is 0 Å². The van der Waals surface area contributed by atoms with Gasteiger partial charge in [-0.2, -0.15) is 0 Å². The van der Waals surface area contributed by atoms with Crippen LogP contribution in [0.2, 0.25) is 0 Å². The number of carbonyl (C=O) groups is 2. The summed E-state index contributed by atoms with van der Waals surface area (Å²) in [5.41, 5.74) is 2.13. The Bertz CT molecular complexity index is 622. The second-order valence-electron chi connectivity index (χ2n) is 6.40. The third-order valence-corrected chi connectivity index (χ3v) is 5.05. The molecule has 2 aliphatic rings. The van der Waals surface area contributed by atoms with Crippen LogP contribution >= 0.6 is 0 Å². The summed E-state index contributed by atoms with van der Waals surface area (Å²) >= 11 is 0. The second-order valence-corrected chi connectivity index (χ2v) is 6.40. The van der Waals surface area contributed by atoms with Crippen LogP contribution < -0.4 is 0 Å². The molecule has 0 aromatic heterocycles. The summed E-state index contributed by atoms with van der Waals surface area (Å²) in [6.45, 7) is 6.07. The van der Waals surface area contributed by atoms with Crippen molar-refractivity contribution < 1.29 is 19.1 Å². The lowest BCUT2D eigenvalue weighted by Gasteiger charge is -2.14. The Hall–Kier alpha value is -2.10. The van der Waals surface area contributed by atoms with Gasteiger partial charge in [0.25, 0.3) is 0 Å². The van der Waals surface area contributed by atoms with Crippen molar-refractivity contribution in [2.24, 2.45) is 23.7 Å². The fourth-order valence-corrected chi connectivity index (χ4v) is 3.76. The van der Waals surface area contributed by atoms with Gasteiger partial charge in [0.05, 0.1) is 11.8 Å². The molecule has 23 heavy (non-hydrogen) atoms. The number of aryl methyl sites for hydroxylation is 1. The van der Waals surface area contributed by atoms with Gasteiger partial charge in [-0.3, -0.25) is 9.59 Å². The molecule has 4 unspecified atom stereocenters. The highest BCUT2D eigenvalue weighted by atomic mass is 16.5. The molecular weight excluding hydrogens is 292 g/mol. The average molecular weight is 314 g/mol. The van der Waals surface area contributed by atoms with Gasteiger partial charge < -0.3 is 9.47 Å². The number of esters is 2. The number of benzene rings is 1. The lowest BCUT2D eigenvalue weighted by Crippen LogP contribution is -2.21. The molecule has 2 fully saturated rings. The highest BCUT2D eigenvalue weighted by Gasteiger charge is 2.64. The minimum absolute atomic E-state index is 0.108. The van der Waals surface area contributed by atoms with Gasteiger partial charge in [-0.05, 0) is 42.7 Å². The maximum absolute atomic E-state index is 12.4. The zero-order valence-corrected chi connectivity index (χ0v) is 13.4. The first-order valence-electron chi connectivity index (χ1n) is 8.12. The minimum Gasteiger partial charge on any atom is -0.461 e. The SMILES string of the molecule is C=CCOC(=O)C1C2CCC(C(=O)OCc3ccccc3C)C21. The van der Waals surface area contributed by atoms with Gasteiger partial charge in [0.15, 0.2) is 0 Å². The first-order chi connectivity index (χ1) is 11.1. The molecular formula is C19H22O4. The number of hydrogen-bond donors (Lipinski definition) is 0. The first kappa shape index (κ1) is 15.8. The lowest BCUT2D eigenvalue weighted by atomic mass is 10.00. The third-order valence-electron chi connectivity index (χ3n) is 5.05. The van der Waals surface area contributed by atoms with E-state index in [2.05, 4.69) is 6.58 Å². The van der Waals surface area contributed by atoms with Crippen molar-refractivity contribution in [1.82, 2.24) is 0 Å². The van der Waals surface area contributed by atoms with Gasteiger partial charge in [-0.1, -0.05) is 36.9 Å². The molecule has 1 aromatic rings. The van der Waals surface area contributed by atoms with Crippen molar-refractivity contribution >= 4 is 11.9 Å². The van der Waals surface area contributed by atoms with E-state index in [4.69, 9.17) is 9.47 Å². The van der Waals surface area contributed by atoms with Crippen LogP contribution in [-0.4, -0.2) is 18.5 Å². The average Bonchev–Trinajstić information content (AvgIpc) is 3.11. The molecule has 0 saturated heterocycles. The largest absolute Gasteiger partial charge is 0.461 e. The van der Waals surface area contributed by atoms with Crippen LogP contribution in [0, 0.1) is 30.6 Å². The van der Waals surface area contributed by atoms with Crippen LogP contribution in [0.5, 0.6) is 0 Å². The summed E-state index contributed by atoms with van der Waals surface area (Å²) in [5.74, 6) is -0.263. The Labute approximate surface area is 136 Å². The van der Waals surface area contributed by atoms with E-state index in [0.717, 1.165) is 24.0 Å². The van der Waals surface area contributed by atoms with Crippen LogP contribution in [0.4, 0.5) is 0 Å². The second kappa shape index (κ2) is 6.57. The number of rotatable bonds is 6. The van der Waals surface area contributed by atoms with Gasteiger partial charge in [-0.15, -0.1) is 0 Å². The van der Waals surface area contributed by atoms with Gasteiger partial charge >= 0.3 is 11.9 Å². The standard InChI is InChI=1S/C19H22O4/c1-3-10-22-19(21)17-14-8-9-15(16(14)17)18(20)23-11-13-7-5-4-6-12(13)2/h3-7,14-17H,1,8-11H2,2H3. The smallest absolute Gasteiger partial charge is 0.309 e. The molecule has 0 aliphatic heterocycles. The van der Waals surface area contributed by atoms with E-state index in [9.17, 15) is 9.59 Å². The maximum Gasteiger partial charge on any atom is 0.309 e. The number of hydrogen-bond acceptors (Lipinski definition) is 4. The van der Waals surface area contributed by atoms with Crippen LogP contribution in [0.15, 0.2) is 36.9 Å². The molecule has 1 aromatic carbocycles. The number of carbonyl (C=O) groups excluding carboxylic acids is 2. The summed E-state index contributed by atoms with van der Waals surface area (Å²) in [4.78, 5) is 24.3. The molecule has 0 radical (unpaired) electrons. The van der Waals surface area contributed by atoms with Crippen LogP contribution in [0.1, 0.15) is 24.0 Å². The molecule has 0 amide bonds. The van der Waals surface area contributed by atoms with E-state index in [0.29, 0.717) is 12.5 Å². The van der Waals surface area contributed by atoms with E-state index in [1.165, 1.54) is 0 Å². The summed E-state index contributed by atoms with van der Waals surface area (Å²) in [6.07, 6.45) is 3.28. The Morgan fingerprint density at radius 2 is 2.00 bits per heavy atom. The molecule has 0 N–H and O–H groups in total. The summed E-state index contributed by atoms with van der Waals surface area (Å²) in [7, 11) is 0. The van der Waals surface area contributed by atoms with Crippen LogP contribution in [0.25, 0.3) is 0 Å². The van der Waals surface area contributed by atoms with E-state index in [1.807, 2.05) is 31.2 Å². The number of fused-ring (bicyclic) bond motifs is 1. The topological polar surface area (TPSA) is 52.6 Å². The predicted octanol–water partition coefficient (Wildman–Crippen LogP) is 3.04. The molecule has 4 atom stereocenters. The molecule has 0 spiro atoms. The van der Waals surface area contributed by atoms with Crippen molar-refractivity contribution in [2.45, 2.75) is 26.4 Å². The monoisotopic (exact) mass is 314 g/mol. The van der Waals surface area contributed by atoms with E-state index < -0.39 is 0 Å². The van der Waals surface area contributed by atoms with Crippen LogP contribution in [-0.2, 0) is 25.7 Å². The van der Waals surface area contributed by atoms with E-state index in [1.54, 1.807) is 6.08 Å². The van der Waals surface area contributed by atoms with Crippen molar-refractivity contribution in [2.75, 3.05) is 6.61 Å². The minimum atomic E-state index is -0.198. The molecule has 2 aliphatic carbocycles. The van der Waals surface area contributed by atoms with Crippen molar-refractivity contribution in [3.05, 3.63) is 48.0 Å². The van der Waals surface area contributed by atoms with Gasteiger partial charge in [0.1, 0.15) is 13.2 Å². The summed E-state index contributed by atoms with van der Waals surface area (Å²) < 4.78 is 10.6. The maximum atomic E-state index is 12.4. The third kappa shape index (κ3) is 3.16. The highest BCUT2D eigenvalue weighted by Crippen LogP contribution is 2.61. The van der Waals surface area contributed by atoms with E-state index in [-0.39, 0.29) is 36.3 Å². The van der Waals surface area contributed by atoms with Crippen molar-refractivity contribution in [1.29, 1.82) is 0 Å². The molecule has 4 nitrogen and oxygen atoms in total. The van der Waals surface area contributed by atoms with Crippen LogP contribution in [0.3, 0.4) is 0 Å². The molecule has 4 heteroatoms. The molecule has 0 heterocycles. The fraction of sp³-hybridized carbons (Fsp3) is 0.474. The fourth-order valence-electron chi connectivity index (χ4n) is 3.76. The Morgan fingerprint density at radius 1 is 1.22 bits per heavy atom. The molecule has 0 bridgehead atoms. The Balaban J connectivity index is 1.54. The first-order valence-corrected chi connectivity index (χ1v) is 8.12. The molecule has 122 valence electrons. The van der Waals surface area contributed by atoms with E-state index >= 15 is 0 Å². The Kier molecular flexibility index (Phi) is 4.51. The number of ether oxygens (including phenoxy) is 2. The van der Waals surface area contributed by atoms with Crippen molar-refractivity contribution in [3.8, 4) is 0 Å². The zero-order valence-electron chi connectivity index (χ0n) is 13.4. The zero-order chi connectivity index (χ0) is 16.4. The van der Waals surface area contributed by atoms with Gasteiger partial charge in [0.2, 0.25) is 0 Å².